The quantitative estimate of drug-likeness (QED) is 0.249. The maximum atomic E-state index is 13.3. The number of aryl methyl sites for hydroxylation is 1. The lowest BCUT2D eigenvalue weighted by molar-refractivity contribution is -0.136. The fourth-order valence-corrected chi connectivity index (χ4v) is 5.81. The lowest BCUT2D eigenvalue weighted by Gasteiger charge is -2.22. The molecule has 200 valence electrons. The summed E-state index contributed by atoms with van der Waals surface area (Å²) in [6.45, 7) is 2.79. The van der Waals surface area contributed by atoms with E-state index in [1.54, 1.807) is 23.9 Å². The highest BCUT2D eigenvalue weighted by Crippen LogP contribution is 2.42. The standard InChI is InChI=1S/C32H28N4O4/c1-18-13-26-22(5-8-28(37)36(26)17-19-3-6-25(34-2)21(14-19)16-33)31(24(18)15-29(38)39)23-4-7-27-30-20(10-12-40-27)9-11-35-32(23)30/h3-9,11,13-14,16,33-34H,10,12,15,17H2,1-2H3,(H,38,39). The molecule has 0 saturated heterocycles. The molecule has 0 unspecified atom stereocenters. The van der Waals surface area contributed by atoms with Crippen LogP contribution in [0.1, 0.15) is 27.8 Å². The molecule has 8 heteroatoms. The molecular formula is C32H28N4O4. The maximum Gasteiger partial charge on any atom is 0.307 e. The molecule has 2 aromatic heterocycles. The third-order valence-electron chi connectivity index (χ3n) is 7.67. The fraction of sp³-hybridized carbons (Fsp3) is 0.188. The van der Waals surface area contributed by atoms with Gasteiger partial charge in [0.2, 0.25) is 0 Å². The van der Waals surface area contributed by atoms with Crippen molar-refractivity contribution < 1.29 is 14.6 Å². The summed E-state index contributed by atoms with van der Waals surface area (Å²) in [5, 5.41) is 22.4. The van der Waals surface area contributed by atoms with Gasteiger partial charge in [0, 0.05) is 59.5 Å². The van der Waals surface area contributed by atoms with E-state index in [1.807, 2.05) is 49.4 Å². The molecule has 0 radical (unpaired) electrons. The minimum atomic E-state index is -0.931. The van der Waals surface area contributed by atoms with E-state index in [0.717, 1.165) is 67.5 Å². The van der Waals surface area contributed by atoms with Crippen molar-refractivity contribution in [3.8, 4) is 16.9 Å². The summed E-state index contributed by atoms with van der Waals surface area (Å²) in [6.07, 6.45) is 3.69. The number of nitrogens with one attached hydrogen (secondary N) is 2. The third-order valence-corrected chi connectivity index (χ3v) is 7.67. The Morgan fingerprint density at radius 2 is 2.02 bits per heavy atom. The first-order chi connectivity index (χ1) is 19.4. The van der Waals surface area contributed by atoms with Crippen molar-refractivity contribution in [2.24, 2.45) is 0 Å². The smallest absolute Gasteiger partial charge is 0.307 e. The number of benzene rings is 3. The predicted octanol–water partition coefficient (Wildman–Crippen LogP) is 5.17. The summed E-state index contributed by atoms with van der Waals surface area (Å²) in [5.41, 5.74) is 7.93. The van der Waals surface area contributed by atoms with Crippen LogP contribution in [0.2, 0.25) is 0 Å². The van der Waals surface area contributed by atoms with Crippen LogP contribution in [0.5, 0.6) is 5.75 Å². The van der Waals surface area contributed by atoms with E-state index in [1.165, 1.54) is 12.3 Å². The number of rotatable bonds is 7. The molecule has 3 N–H and O–H groups in total. The second-order valence-electron chi connectivity index (χ2n) is 10.0. The molecule has 6 rings (SSSR count). The number of ether oxygens (including phenoxy) is 1. The van der Waals surface area contributed by atoms with Crippen molar-refractivity contribution in [1.82, 2.24) is 9.55 Å². The van der Waals surface area contributed by atoms with E-state index in [2.05, 4.69) is 5.32 Å². The number of carboxylic acid groups (broad SMARTS) is 1. The van der Waals surface area contributed by atoms with Gasteiger partial charge in [-0.25, -0.2) is 0 Å². The summed E-state index contributed by atoms with van der Waals surface area (Å²) in [5.74, 6) is -0.159. The van der Waals surface area contributed by atoms with Crippen LogP contribution in [0.25, 0.3) is 32.9 Å². The van der Waals surface area contributed by atoms with Crippen molar-refractivity contribution in [1.29, 1.82) is 5.41 Å². The number of carboxylic acids is 1. The van der Waals surface area contributed by atoms with Crippen LogP contribution in [-0.2, 0) is 24.2 Å². The number of aromatic nitrogens is 2. The zero-order valence-corrected chi connectivity index (χ0v) is 22.2. The molecule has 0 bridgehead atoms. The molecule has 0 fully saturated rings. The van der Waals surface area contributed by atoms with E-state index in [-0.39, 0.29) is 12.0 Å². The Bertz CT molecular complexity index is 1900. The molecule has 0 atom stereocenters. The summed E-state index contributed by atoms with van der Waals surface area (Å²) < 4.78 is 7.64. The minimum absolute atomic E-state index is 0.163. The van der Waals surface area contributed by atoms with Gasteiger partial charge in [-0.2, -0.15) is 0 Å². The number of nitrogens with zero attached hydrogens (tertiary/aromatic N) is 2. The summed E-state index contributed by atoms with van der Waals surface area (Å²) in [4.78, 5) is 30.0. The molecule has 0 spiro atoms. The van der Waals surface area contributed by atoms with Crippen molar-refractivity contribution in [2.45, 2.75) is 26.3 Å². The maximum absolute atomic E-state index is 13.3. The van der Waals surface area contributed by atoms with Crippen LogP contribution >= 0.6 is 0 Å². The molecule has 1 aliphatic rings. The Morgan fingerprint density at radius 3 is 2.80 bits per heavy atom. The number of pyridine rings is 2. The zero-order valence-electron chi connectivity index (χ0n) is 22.2. The van der Waals surface area contributed by atoms with E-state index in [0.29, 0.717) is 24.2 Å². The zero-order chi connectivity index (χ0) is 28.0. The SMILES string of the molecule is CNc1ccc(Cn2c(=O)ccc3c(-c4ccc5c6c(ccnc46)CCO5)c(CC(=O)O)c(C)cc32)cc1C=N. The van der Waals surface area contributed by atoms with Gasteiger partial charge in [-0.3, -0.25) is 14.6 Å². The highest BCUT2D eigenvalue weighted by Gasteiger charge is 2.23. The highest BCUT2D eigenvalue weighted by atomic mass is 16.5. The van der Waals surface area contributed by atoms with E-state index in [4.69, 9.17) is 15.1 Å². The molecule has 40 heavy (non-hydrogen) atoms. The number of fused-ring (bicyclic) bond motifs is 1. The molecule has 0 amide bonds. The first-order valence-electron chi connectivity index (χ1n) is 13.1. The van der Waals surface area contributed by atoms with Crippen molar-refractivity contribution in [3.63, 3.8) is 0 Å². The van der Waals surface area contributed by atoms with Gasteiger partial charge in [0.1, 0.15) is 5.75 Å². The van der Waals surface area contributed by atoms with Gasteiger partial charge < -0.3 is 25.1 Å². The average molecular weight is 533 g/mol. The molecule has 1 aliphatic heterocycles. The normalized spacial score (nSPS) is 12.3. The molecule has 0 saturated carbocycles. The molecule has 3 heterocycles. The van der Waals surface area contributed by atoms with Gasteiger partial charge in [-0.05, 0) is 77.2 Å². The topological polar surface area (TPSA) is 117 Å². The highest BCUT2D eigenvalue weighted by molar-refractivity contribution is 6.08. The van der Waals surface area contributed by atoms with Gasteiger partial charge in [0.25, 0.3) is 5.56 Å². The first-order valence-corrected chi connectivity index (χ1v) is 13.1. The van der Waals surface area contributed by atoms with Gasteiger partial charge >= 0.3 is 5.97 Å². The first kappa shape index (κ1) is 25.3. The van der Waals surface area contributed by atoms with Crippen LogP contribution in [-0.4, -0.2) is 40.5 Å². The summed E-state index contributed by atoms with van der Waals surface area (Å²) in [7, 11) is 1.80. The largest absolute Gasteiger partial charge is 0.493 e. The summed E-state index contributed by atoms with van der Waals surface area (Å²) in [6, 6.07) is 16.8. The van der Waals surface area contributed by atoms with Gasteiger partial charge in [0.15, 0.2) is 0 Å². The number of hydrogen-bond donors (Lipinski definition) is 3. The van der Waals surface area contributed by atoms with Gasteiger partial charge in [0.05, 0.1) is 30.6 Å². The summed E-state index contributed by atoms with van der Waals surface area (Å²) >= 11 is 0. The Hall–Kier alpha value is -4.98. The van der Waals surface area contributed by atoms with Crippen LogP contribution in [0.15, 0.2) is 65.6 Å². The van der Waals surface area contributed by atoms with Crippen molar-refractivity contribution in [3.05, 3.63) is 99.0 Å². The van der Waals surface area contributed by atoms with Crippen LogP contribution < -0.4 is 15.6 Å². The van der Waals surface area contributed by atoms with E-state index in [9.17, 15) is 14.7 Å². The molecule has 3 aromatic carbocycles. The Balaban J connectivity index is 1.64. The van der Waals surface area contributed by atoms with E-state index < -0.39 is 5.97 Å². The Morgan fingerprint density at radius 1 is 1.18 bits per heavy atom. The number of aliphatic carboxylic acids is 1. The molecule has 0 aliphatic carbocycles. The van der Waals surface area contributed by atoms with Gasteiger partial charge in [-0.15, -0.1) is 0 Å². The second-order valence-corrected chi connectivity index (χ2v) is 10.0. The minimum Gasteiger partial charge on any atom is -0.493 e. The Kier molecular flexibility index (Phi) is 6.30. The average Bonchev–Trinajstić information content (AvgIpc) is 2.96. The number of hydrogen-bond acceptors (Lipinski definition) is 6. The van der Waals surface area contributed by atoms with Gasteiger partial charge in [-0.1, -0.05) is 6.07 Å². The lowest BCUT2D eigenvalue weighted by Crippen LogP contribution is -2.21. The molecular weight excluding hydrogens is 504 g/mol. The van der Waals surface area contributed by atoms with Crippen molar-refractivity contribution >= 4 is 39.7 Å². The Labute approximate surface area is 230 Å². The molecule has 5 aromatic rings. The van der Waals surface area contributed by atoms with Crippen LogP contribution in [0.4, 0.5) is 5.69 Å². The van der Waals surface area contributed by atoms with E-state index >= 15 is 0 Å². The third kappa shape index (κ3) is 4.18. The monoisotopic (exact) mass is 532 g/mol. The van der Waals surface area contributed by atoms with Crippen LogP contribution in [0.3, 0.4) is 0 Å². The van der Waals surface area contributed by atoms with Crippen LogP contribution in [0, 0.1) is 12.3 Å². The number of anilines is 1. The number of carbonyl (C=O) groups is 1. The fourth-order valence-electron chi connectivity index (χ4n) is 5.81. The molecule has 8 nitrogen and oxygen atoms in total. The second kappa shape index (κ2) is 9.96. The van der Waals surface area contributed by atoms with Crippen molar-refractivity contribution in [2.75, 3.05) is 19.0 Å². The lowest BCUT2D eigenvalue weighted by atomic mass is 9.87. The predicted molar refractivity (Wildman–Crippen MR) is 157 cm³/mol.